The van der Waals surface area contributed by atoms with Crippen LogP contribution in [0, 0.1) is 17.8 Å². The number of benzene rings is 2. The van der Waals surface area contributed by atoms with E-state index in [9.17, 15) is 50.6 Å². The molecule has 4 aliphatic rings. The van der Waals surface area contributed by atoms with Crippen LogP contribution in [0.15, 0.2) is 70.8 Å². The zero-order chi connectivity index (χ0) is 33.5. The molecule has 0 unspecified atom stereocenters. The van der Waals surface area contributed by atoms with Crippen molar-refractivity contribution in [2.75, 3.05) is 11.5 Å². The van der Waals surface area contributed by atoms with Crippen LogP contribution in [0.5, 0.6) is 11.5 Å². The molecule has 6 rings (SSSR count). The van der Waals surface area contributed by atoms with Crippen molar-refractivity contribution in [1.29, 1.82) is 0 Å². The molecule has 1 aliphatic heterocycles. The van der Waals surface area contributed by atoms with Gasteiger partial charge in [-0.2, -0.15) is 26.3 Å². The first-order chi connectivity index (χ1) is 21.5. The Balaban J connectivity index is 1.49. The number of carbonyl (C=O) groups excluding carboxylic acids is 4. The number of hydrogen-bond donors (Lipinski definition) is 1. The number of nitrogens with zero attached hydrogens (tertiary/aromatic N) is 1. The summed E-state index contributed by atoms with van der Waals surface area (Å²) in [5.41, 5.74) is -3.30. The summed E-state index contributed by atoms with van der Waals surface area (Å²) in [7, 11) is 0. The summed E-state index contributed by atoms with van der Waals surface area (Å²) < 4.78 is 87.4. The van der Waals surface area contributed by atoms with Gasteiger partial charge in [0.05, 0.1) is 35.3 Å². The van der Waals surface area contributed by atoms with Gasteiger partial charge in [-0.15, -0.1) is 0 Å². The molecule has 240 valence electrons. The molecule has 2 amide bonds. The van der Waals surface area contributed by atoms with E-state index in [4.69, 9.17) is 4.74 Å². The highest BCUT2D eigenvalue weighted by Gasteiger charge is 2.57. The Morgan fingerprint density at radius 1 is 0.935 bits per heavy atom. The van der Waals surface area contributed by atoms with E-state index in [1.165, 1.54) is 19.1 Å². The number of carbonyl (C=O) groups is 4. The van der Waals surface area contributed by atoms with E-state index in [1.54, 1.807) is 19.1 Å². The number of phenolic OH excluding ortho intramolecular Hbond substituents is 1. The Labute approximate surface area is 257 Å². The number of ketones is 2. The summed E-state index contributed by atoms with van der Waals surface area (Å²) in [4.78, 5) is 54.9. The number of fused-ring (bicyclic) bond motifs is 3. The van der Waals surface area contributed by atoms with Crippen LogP contribution in [0.2, 0.25) is 0 Å². The zero-order valence-electron chi connectivity index (χ0n) is 24.3. The number of anilines is 1. The molecular formula is C33H25F6NO6. The molecule has 1 N–H and O–H groups in total. The number of rotatable bonds is 4. The van der Waals surface area contributed by atoms with Crippen molar-refractivity contribution in [2.45, 2.75) is 45.0 Å². The predicted molar refractivity (Wildman–Crippen MR) is 150 cm³/mol. The maximum absolute atomic E-state index is 14.0. The number of Topliss-reactive ketones (excluding diaryl/α,β-unsaturated/α-hetero) is 1. The molecule has 13 heteroatoms. The SMILES string of the molecule is CCOc1cccc([C@H]2C3=CC[C@@H]4C(=O)N(c5cc(C(F)(F)F)cc(C(F)(F)F)c5)C(=O)[C@@H]4[C@@H]3CC3=C2C(=O)C(C)=CC3=O)c1O. The third-order valence-corrected chi connectivity index (χ3v) is 9.04. The van der Waals surface area contributed by atoms with E-state index in [-0.39, 0.29) is 59.3 Å². The molecule has 0 aromatic heterocycles. The Hall–Kier alpha value is -4.68. The molecule has 0 bridgehead atoms. The topological polar surface area (TPSA) is 101 Å². The van der Waals surface area contributed by atoms with Crippen molar-refractivity contribution in [3.05, 3.63) is 87.5 Å². The van der Waals surface area contributed by atoms with Crippen molar-refractivity contribution >= 4 is 29.1 Å². The van der Waals surface area contributed by atoms with Crippen molar-refractivity contribution in [3.63, 3.8) is 0 Å². The summed E-state index contributed by atoms with van der Waals surface area (Å²) in [5, 5.41) is 11.2. The molecule has 4 atom stereocenters. The van der Waals surface area contributed by atoms with Gasteiger partial charge in [-0.3, -0.25) is 19.2 Å². The number of ether oxygens (including phenoxy) is 1. The minimum Gasteiger partial charge on any atom is -0.504 e. The molecule has 46 heavy (non-hydrogen) atoms. The number of aromatic hydroxyl groups is 1. The highest BCUT2D eigenvalue weighted by Crippen LogP contribution is 2.57. The standard InChI is InChI=1S/C33H25F6NO6/c1-3-46-24-6-4-5-19(29(24)43)25-18-7-8-20-26(21(18)13-22-23(41)9-14(2)28(42)27(22)25)31(45)40(30(20)44)17-11-15(32(34,35)36)10-16(12-17)33(37,38)39/h4-7,9-12,20-21,25-26,43H,3,8,13H2,1-2H3/t20-,21+,25+,26-/m0/s1. The monoisotopic (exact) mass is 645 g/mol. The van der Waals surface area contributed by atoms with E-state index in [0.717, 1.165) is 6.08 Å². The largest absolute Gasteiger partial charge is 0.504 e. The van der Waals surface area contributed by atoms with Gasteiger partial charge in [-0.25, -0.2) is 4.90 Å². The van der Waals surface area contributed by atoms with Gasteiger partial charge >= 0.3 is 12.4 Å². The minimum absolute atomic E-state index is 0.0572. The number of alkyl halides is 6. The average Bonchev–Trinajstić information content (AvgIpc) is 3.24. The van der Waals surface area contributed by atoms with Crippen LogP contribution in [-0.4, -0.2) is 35.1 Å². The van der Waals surface area contributed by atoms with Crippen molar-refractivity contribution in [1.82, 2.24) is 0 Å². The third kappa shape index (κ3) is 4.83. The second-order valence-corrected chi connectivity index (χ2v) is 11.6. The first kappa shape index (κ1) is 31.3. The molecule has 7 nitrogen and oxygen atoms in total. The molecule has 0 saturated carbocycles. The van der Waals surface area contributed by atoms with Gasteiger partial charge < -0.3 is 9.84 Å². The third-order valence-electron chi connectivity index (χ3n) is 9.04. The van der Waals surface area contributed by atoms with Gasteiger partial charge in [0.2, 0.25) is 11.8 Å². The maximum atomic E-state index is 14.0. The first-order valence-corrected chi connectivity index (χ1v) is 14.4. The lowest BCUT2D eigenvalue weighted by Crippen LogP contribution is -2.40. The summed E-state index contributed by atoms with van der Waals surface area (Å²) in [6.07, 6.45) is -7.95. The van der Waals surface area contributed by atoms with E-state index < -0.39 is 76.2 Å². The number of para-hydroxylation sites is 1. The second-order valence-electron chi connectivity index (χ2n) is 11.6. The molecule has 1 fully saturated rings. The summed E-state index contributed by atoms with van der Waals surface area (Å²) in [6, 6.07) is 5.17. The van der Waals surface area contributed by atoms with Gasteiger partial charge in [-0.05, 0) is 62.9 Å². The fraction of sp³-hybridized carbons (Fsp3) is 0.333. The molecule has 1 heterocycles. The summed E-state index contributed by atoms with van der Waals surface area (Å²) in [5.74, 6) is -7.57. The lowest BCUT2D eigenvalue weighted by atomic mass is 9.59. The van der Waals surface area contributed by atoms with Crippen LogP contribution in [0.25, 0.3) is 0 Å². The molecule has 2 aromatic rings. The quantitative estimate of drug-likeness (QED) is 0.177. The Morgan fingerprint density at radius 3 is 2.20 bits per heavy atom. The molecule has 2 aromatic carbocycles. The number of allylic oxidation sites excluding steroid dienone is 6. The molecule has 0 radical (unpaired) electrons. The number of imide groups is 1. The normalized spacial score (nSPS) is 24.8. The van der Waals surface area contributed by atoms with Gasteiger partial charge in [0.15, 0.2) is 23.1 Å². The lowest BCUT2D eigenvalue weighted by Gasteiger charge is -2.42. The van der Waals surface area contributed by atoms with Gasteiger partial charge in [0.1, 0.15) is 0 Å². The zero-order valence-corrected chi connectivity index (χ0v) is 24.3. The lowest BCUT2D eigenvalue weighted by molar-refractivity contribution is -0.143. The predicted octanol–water partition coefficient (Wildman–Crippen LogP) is 6.46. The Morgan fingerprint density at radius 2 is 1.59 bits per heavy atom. The summed E-state index contributed by atoms with van der Waals surface area (Å²) in [6.45, 7) is 3.36. The minimum atomic E-state index is -5.21. The van der Waals surface area contributed by atoms with Crippen LogP contribution in [0.3, 0.4) is 0 Å². The first-order valence-electron chi connectivity index (χ1n) is 14.4. The van der Waals surface area contributed by atoms with Crippen LogP contribution < -0.4 is 9.64 Å². The van der Waals surface area contributed by atoms with Crippen LogP contribution in [-0.2, 0) is 31.5 Å². The summed E-state index contributed by atoms with van der Waals surface area (Å²) >= 11 is 0. The highest BCUT2D eigenvalue weighted by molar-refractivity contribution is 6.25. The average molecular weight is 646 g/mol. The van der Waals surface area contributed by atoms with Crippen LogP contribution in [0.4, 0.5) is 32.0 Å². The van der Waals surface area contributed by atoms with Gasteiger partial charge in [0.25, 0.3) is 0 Å². The van der Waals surface area contributed by atoms with Gasteiger partial charge in [0, 0.05) is 28.2 Å². The molecule has 0 spiro atoms. The maximum Gasteiger partial charge on any atom is 0.416 e. The fourth-order valence-corrected chi connectivity index (χ4v) is 7.08. The second kappa shape index (κ2) is 10.7. The van der Waals surface area contributed by atoms with Crippen molar-refractivity contribution in [3.8, 4) is 11.5 Å². The number of halogens is 6. The van der Waals surface area contributed by atoms with Crippen LogP contribution >= 0.6 is 0 Å². The Kier molecular flexibility index (Phi) is 7.28. The highest BCUT2D eigenvalue weighted by atomic mass is 19.4. The van der Waals surface area contributed by atoms with Crippen molar-refractivity contribution in [2.24, 2.45) is 17.8 Å². The molecule has 3 aliphatic carbocycles. The Bertz CT molecular complexity index is 1780. The fourth-order valence-electron chi connectivity index (χ4n) is 7.08. The van der Waals surface area contributed by atoms with Gasteiger partial charge in [-0.1, -0.05) is 23.8 Å². The van der Waals surface area contributed by atoms with E-state index >= 15 is 0 Å². The smallest absolute Gasteiger partial charge is 0.416 e. The van der Waals surface area contributed by atoms with E-state index in [0.29, 0.717) is 22.6 Å². The van der Waals surface area contributed by atoms with E-state index in [2.05, 4.69) is 0 Å². The number of amides is 2. The number of hydrogen-bond acceptors (Lipinski definition) is 6. The molecular weight excluding hydrogens is 620 g/mol. The van der Waals surface area contributed by atoms with Crippen molar-refractivity contribution < 1.29 is 55.4 Å². The molecule has 1 saturated heterocycles. The number of phenols is 1. The van der Waals surface area contributed by atoms with E-state index in [1.807, 2.05) is 0 Å². The van der Waals surface area contributed by atoms with Crippen LogP contribution in [0.1, 0.15) is 49.3 Å².